The molecular formula is C21H21F3N6O. The predicted octanol–water partition coefficient (Wildman–Crippen LogP) is 3.93. The van der Waals surface area contributed by atoms with Crippen LogP contribution in [0.1, 0.15) is 0 Å². The number of halogens is 3. The smallest absolute Gasteiger partial charge is 0.406 e. The van der Waals surface area contributed by atoms with Crippen LogP contribution in [0.2, 0.25) is 0 Å². The van der Waals surface area contributed by atoms with Gasteiger partial charge in [0.1, 0.15) is 23.7 Å². The van der Waals surface area contributed by atoms with Gasteiger partial charge in [-0.05, 0) is 43.4 Å². The maximum absolute atomic E-state index is 12.3. The van der Waals surface area contributed by atoms with Crippen LogP contribution in [0.3, 0.4) is 0 Å². The third kappa shape index (κ3) is 5.60. The Morgan fingerprint density at radius 3 is 2.39 bits per heavy atom. The number of likely N-dealkylation sites (N-methyl/N-ethyl adjacent to an activating group) is 1. The van der Waals surface area contributed by atoms with E-state index in [-0.39, 0.29) is 5.75 Å². The number of nitrogens with one attached hydrogen (secondary N) is 1. The van der Waals surface area contributed by atoms with Crippen molar-refractivity contribution in [2.45, 2.75) is 6.36 Å². The second-order valence-electron chi connectivity index (χ2n) is 7.18. The number of rotatable bonds is 5. The Morgan fingerprint density at radius 1 is 0.935 bits per heavy atom. The predicted molar refractivity (Wildman–Crippen MR) is 111 cm³/mol. The Balaban J connectivity index is 1.48. The lowest BCUT2D eigenvalue weighted by atomic mass is 10.1. The van der Waals surface area contributed by atoms with E-state index >= 15 is 0 Å². The minimum absolute atomic E-state index is 0.283. The van der Waals surface area contributed by atoms with Gasteiger partial charge in [-0.1, -0.05) is 0 Å². The monoisotopic (exact) mass is 430 g/mol. The lowest BCUT2D eigenvalue weighted by molar-refractivity contribution is -0.274. The highest BCUT2D eigenvalue weighted by Crippen LogP contribution is 2.27. The molecule has 0 amide bonds. The summed E-state index contributed by atoms with van der Waals surface area (Å²) in [5.41, 5.74) is 2.20. The molecule has 10 heteroatoms. The number of alkyl halides is 3. The number of ether oxygens (including phenoxy) is 1. The van der Waals surface area contributed by atoms with Gasteiger partial charge in [0.15, 0.2) is 0 Å². The van der Waals surface area contributed by atoms with Crippen LogP contribution in [0.25, 0.3) is 11.3 Å². The standard InChI is InChI=1S/C21H21F3N6O/c1-29-8-10-30(11-9-29)20-12-15(6-7-25-20)18-13-19(27-14-26-18)28-16-2-4-17(5-3-16)31-21(22,23)24/h2-7,12-14H,8-11H2,1H3,(H,26,27,28). The fraction of sp³-hybridized carbons (Fsp3) is 0.286. The minimum atomic E-state index is -4.72. The van der Waals surface area contributed by atoms with Crippen LogP contribution >= 0.6 is 0 Å². The Morgan fingerprint density at radius 2 is 1.68 bits per heavy atom. The first kappa shape index (κ1) is 20.9. The van der Waals surface area contributed by atoms with Crippen LogP contribution in [0.15, 0.2) is 55.0 Å². The van der Waals surface area contributed by atoms with E-state index in [2.05, 4.69) is 41.9 Å². The Hall–Kier alpha value is -3.40. The molecule has 1 aliphatic heterocycles. The molecule has 0 aliphatic carbocycles. The normalized spacial score (nSPS) is 15.0. The van der Waals surface area contributed by atoms with Crippen molar-refractivity contribution in [2.24, 2.45) is 0 Å². The van der Waals surface area contributed by atoms with Crippen LogP contribution in [0.5, 0.6) is 5.75 Å². The molecule has 1 fully saturated rings. The highest BCUT2D eigenvalue weighted by Gasteiger charge is 2.30. The van der Waals surface area contributed by atoms with Gasteiger partial charge in [-0.3, -0.25) is 0 Å². The van der Waals surface area contributed by atoms with E-state index in [0.29, 0.717) is 17.2 Å². The van der Waals surface area contributed by atoms with E-state index in [1.165, 1.54) is 30.6 Å². The molecule has 162 valence electrons. The maximum atomic E-state index is 12.3. The number of anilines is 3. The van der Waals surface area contributed by atoms with Gasteiger partial charge in [0.05, 0.1) is 5.69 Å². The van der Waals surface area contributed by atoms with Crippen LogP contribution < -0.4 is 15.0 Å². The largest absolute Gasteiger partial charge is 0.573 e. The van der Waals surface area contributed by atoms with E-state index in [9.17, 15) is 13.2 Å². The summed E-state index contributed by atoms with van der Waals surface area (Å²) in [5.74, 6) is 1.14. The summed E-state index contributed by atoms with van der Waals surface area (Å²) in [7, 11) is 2.10. The van der Waals surface area contributed by atoms with Gasteiger partial charge >= 0.3 is 6.36 Å². The molecule has 0 bridgehead atoms. The van der Waals surface area contributed by atoms with Crippen LogP contribution in [0.4, 0.5) is 30.5 Å². The van der Waals surface area contributed by atoms with Crippen molar-refractivity contribution < 1.29 is 17.9 Å². The fourth-order valence-electron chi connectivity index (χ4n) is 3.26. The molecule has 1 aliphatic rings. The number of hydrogen-bond acceptors (Lipinski definition) is 7. The highest BCUT2D eigenvalue weighted by molar-refractivity contribution is 5.67. The molecule has 0 unspecified atom stereocenters. The number of hydrogen-bond donors (Lipinski definition) is 1. The zero-order valence-corrected chi connectivity index (χ0v) is 16.8. The van der Waals surface area contributed by atoms with Crippen LogP contribution in [-0.2, 0) is 0 Å². The van der Waals surface area contributed by atoms with Gasteiger partial charge in [-0.2, -0.15) is 0 Å². The molecule has 0 radical (unpaired) electrons. The average Bonchev–Trinajstić information content (AvgIpc) is 2.75. The van der Waals surface area contributed by atoms with Crippen molar-refractivity contribution in [1.29, 1.82) is 0 Å². The van der Waals surface area contributed by atoms with Crippen molar-refractivity contribution in [3.63, 3.8) is 0 Å². The van der Waals surface area contributed by atoms with Gasteiger partial charge in [0, 0.05) is 49.7 Å². The summed E-state index contributed by atoms with van der Waals surface area (Å²) < 4.78 is 40.8. The molecule has 1 N–H and O–H groups in total. The molecule has 0 saturated carbocycles. The van der Waals surface area contributed by atoms with Gasteiger partial charge in [0.2, 0.25) is 0 Å². The molecule has 1 saturated heterocycles. The van der Waals surface area contributed by atoms with Crippen LogP contribution in [-0.4, -0.2) is 59.4 Å². The van der Waals surface area contributed by atoms with Crippen molar-refractivity contribution in [3.05, 3.63) is 55.0 Å². The lowest BCUT2D eigenvalue weighted by Crippen LogP contribution is -2.44. The second kappa shape index (κ2) is 8.76. The van der Waals surface area contributed by atoms with Crippen molar-refractivity contribution in [3.8, 4) is 17.0 Å². The number of nitrogens with zero attached hydrogens (tertiary/aromatic N) is 5. The molecule has 3 aromatic rings. The molecule has 0 spiro atoms. The lowest BCUT2D eigenvalue weighted by Gasteiger charge is -2.33. The maximum Gasteiger partial charge on any atom is 0.573 e. The molecule has 4 rings (SSSR count). The Labute approximate surface area is 177 Å². The average molecular weight is 430 g/mol. The minimum Gasteiger partial charge on any atom is -0.406 e. The summed E-state index contributed by atoms with van der Waals surface area (Å²) >= 11 is 0. The first-order valence-electron chi connectivity index (χ1n) is 9.70. The van der Waals surface area contributed by atoms with E-state index in [4.69, 9.17) is 0 Å². The van der Waals surface area contributed by atoms with E-state index in [1.807, 2.05) is 12.1 Å². The fourth-order valence-corrected chi connectivity index (χ4v) is 3.26. The summed E-state index contributed by atoms with van der Waals surface area (Å²) in [5, 5.41) is 3.07. The van der Waals surface area contributed by atoms with Crippen molar-refractivity contribution in [1.82, 2.24) is 19.9 Å². The molecule has 3 heterocycles. The number of aromatic nitrogens is 3. The van der Waals surface area contributed by atoms with Gasteiger partial charge in [-0.25, -0.2) is 15.0 Å². The second-order valence-corrected chi connectivity index (χ2v) is 7.18. The third-order valence-electron chi connectivity index (χ3n) is 4.90. The quantitative estimate of drug-likeness (QED) is 0.658. The Bertz CT molecular complexity index is 1020. The van der Waals surface area contributed by atoms with Gasteiger partial charge in [-0.15, -0.1) is 13.2 Å². The summed E-state index contributed by atoms with van der Waals surface area (Å²) in [4.78, 5) is 17.6. The third-order valence-corrected chi connectivity index (χ3v) is 4.90. The molecular weight excluding hydrogens is 409 g/mol. The number of pyridine rings is 1. The number of piperazine rings is 1. The van der Waals surface area contributed by atoms with Crippen molar-refractivity contribution >= 4 is 17.3 Å². The molecule has 1 aromatic carbocycles. The van der Waals surface area contributed by atoms with E-state index in [0.717, 1.165) is 37.6 Å². The van der Waals surface area contributed by atoms with E-state index in [1.54, 1.807) is 12.3 Å². The SMILES string of the molecule is CN1CCN(c2cc(-c3cc(Nc4ccc(OC(F)(F)F)cc4)ncn3)ccn2)CC1. The molecule has 7 nitrogen and oxygen atoms in total. The topological polar surface area (TPSA) is 66.4 Å². The zero-order chi connectivity index (χ0) is 21.8. The van der Waals surface area contributed by atoms with Gasteiger partial charge in [0.25, 0.3) is 0 Å². The Kier molecular flexibility index (Phi) is 5.90. The highest BCUT2D eigenvalue weighted by atomic mass is 19.4. The molecule has 0 atom stereocenters. The zero-order valence-electron chi connectivity index (χ0n) is 16.8. The summed E-state index contributed by atoms with van der Waals surface area (Å²) in [6, 6.07) is 11.1. The molecule has 31 heavy (non-hydrogen) atoms. The summed E-state index contributed by atoms with van der Waals surface area (Å²) in [6.45, 7) is 3.80. The van der Waals surface area contributed by atoms with Gasteiger partial charge < -0.3 is 19.9 Å². The first-order valence-corrected chi connectivity index (χ1v) is 9.70. The molecule has 2 aromatic heterocycles. The summed E-state index contributed by atoms with van der Waals surface area (Å²) in [6.07, 6.45) is -1.52. The number of benzene rings is 1. The van der Waals surface area contributed by atoms with E-state index < -0.39 is 6.36 Å². The van der Waals surface area contributed by atoms with Crippen molar-refractivity contribution in [2.75, 3.05) is 43.4 Å². The first-order chi connectivity index (χ1) is 14.9. The van der Waals surface area contributed by atoms with Crippen LogP contribution in [0, 0.1) is 0 Å².